The second-order valence-electron chi connectivity index (χ2n) is 10.6. The highest BCUT2D eigenvalue weighted by atomic mass is 16.1. The number of Topliss-reactive ketones (excluding diaryl/α,β-unsaturated/α-hetero) is 1. The highest BCUT2D eigenvalue weighted by Crippen LogP contribution is 2.37. The number of fused-ring (bicyclic) bond motifs is 2. The van der Waals surface area contributed by atoms with Crippen LogP contribution in [0.15, 0.2) is 12.4 Å². The van der Waals surface area contributed by atoms with Crippen molar-refractivity contribution in [3.8, 4) is 0 Å². The lowest BCUT2D eigenvalue weighted by molar-refractivity contribution is -0.124. The summed E-state index contributed by atoms with van der Waals surface area (Å²) < 4.78 is 0. The topological polar surface area (TPSA) is 52.6 Å². The maximum Gasteiger partial charge on any atom is 0.225 e. The molecular weight excluding hydrogens is 386 g/mol. The van der Waals surface area contributed by atoms with Crippen LogP contribution in [-0.4, -0.2) is 75.9 Å². The number of ketones is 1. The van der Waals surface area contributed by atoms with Crippen LogP contribution in [0.2, 0.25) is 0 Å². The Labute approximate surface area is 187 Å². The largest absolute Gasteiger partial charge is 0.332 e. The van der Waals surface area contributed by atoms with E-state index in [0.717, 1.165) is 45.0 Å². The minimum atomic E-state index is 0.331. The van der Waals surface area contributed by atoms with Crippen LogP contribution in [0, 0.1) is 5.92 Å². The minimum Gasteiger partial charge on any atom is -0.332 e. The number of aromatic nitrogens is 2. The summed E-state index contributed by atoms with van der Waals surface area (Å²) in [5, 5.41) is 0. The van der Waals surface area contributed by atoms with Crippen LogP contribution in [0.3, 0.4) is 0 Å². The van der Waals surface area contributed by atoms with Crippen molar-refractivity contribution in [1.29, 1.82) is 0 Å². The number of carbonyl (C=O) groups excluding carboxylic acids is 1. The van der Waals surface area contributed by atoms with Crippen LogP contribution in [0.25, 0.3) is 0 Å². The van der Waals surface area contributed by atoms with Gasteiger partial charge in [-0.25, -0.2) is 9.97 Å². The summed E-state index contributed by atoms with van der Waals surface area (Å²) in [6.07, 6.45) is 12.0. The third-order valence-corrected chi connectivity index (χ3v) is 8.53. The Bertz CT molecular complexity index is 753. The van der Waals surface area contributed by atoms with E-state index in [2.05, 4.69) is 40.9 Å². The lowest BCUT2D eigenvalue weighted by Crippen LogP contribution is -2.56. The predicted molar refractivity (Wildman–Crippen MR) is 123 cm³/mol. The molecule has 2 unspecified atom stereocenters. The Morgan fingerprint density at radius 1 is 0.935 bits per heavy atom. The summed E-state index contributed by atoms with van der Waals surface area (Å²) >= 11 is 0. The molecule has 1 aliphatic carbocycles. The zero-order chi connectivity index (χ0) is 21.5. The molecule has 5 rings (SSSR count). The van der Waals surface area contributed by atoms with E-state index in [0.29, 0.717) is 48.2 Å². The number of nitrogens with zero attached hydrogens (tertiary/aromatic N) is 5. The average molecular weight is 426 g/mol. The van der Waals surface area contributed by atoms with Crippen molar-refractivity contribution in [3.63, 3.8) is 0 Å². The Hall–Kier alpha value is -1.53. The number of hydrogen-bond donors (Lipinski definition) is 0. The zero-order valence-electron chi connectivity index (χ0n) is 19.5. The summed E-state index contributed by atoms with van der Waals surface area (Å²) in [5.74, 6) is 2.31. The van der Waals surface area contributed by atoms with Gasteiger partial charge in [0.15, 0.2) is 0 Å². The van der Waals surface area contributed by atoms with Gasteiger partial charge in [-0.05, 0) is 57.9 Å². The molecule has 1 aromatic heterocycles. The van der Waals surface area contributed by atoms with Crippen LogP contribution >= 0.6 is 0 Å². The molecular formula is C25H39N5O. The van der Waals surface area contributed by atoms with Gasteiger partial charge in [0.05, 0.1) is 0 Å². The molecule has 2 atom stereocenters. The van der Waals surface area contributed by atoms with Crippen molar-refractivity contribution in [3.05, 3.63) is 18.0 Å². The number of anilines is 1. The first kappa shape index (κ1) is 21.3. The molecule has 6 heteroatoms. The van der Waals surface area contributed by atoms with Crippen LogP contribution in [0.5, 0.6) is 0 Å². The highest BCUT2D eigenvalue weighted by molar-refractivity contribution is 5.80. The average Bonchev–Trinajstić information content (AvgIpc) is 3.02. The van der Waals surface area contributed by atoms with Gasteiger partial charge in [0, 0.05) is 81.0 Å². The molecule has 170 valence electrons. The smallest absolute Gasteiger partial charge is 0.225 e. The molecule has 3 aliphatic heterocycles. The van der Waals surface area contributed by atoms with Crippen LogP contribution in [0.4, 0.5) is 5.95 Å². The monoisotopic (exact) mass is 425 g/mol. The normalized spacial score (nSPS) is 32.5. The molecule has 0 spiro atoms. The predicted octanol–water partition coefficient (Wildman–Crippen LogP) is 3.48. The fourth-order valence-electron chi connectivity index (χ4n) is 6.43. The molecule has 3 saturated heterocycles. The van der Waals surface area contributed by atoms with E-state index in [4.69, 9.17) is 9.97 Å². The van der Waals surface area contributed by atoms with E-state index in [1.807, 2.05) is 6.92 Å². The fraction of sp³-hybridized carbons (Fsp3) is 0.800. The molecule has 1 aromatic rings. The molecule has 0 aromatic carbocycles. The van der Waals surface area contributed by atoms with Gasteiger partial charge in [-0.15, -0.1) is 0 Å². The lowest BCUT2D eigenvalue weighted by atomic mass is 9.80. The molecule has 2 bridgehead atoms. The van der Waals surface area contributed by atoms with E-state index in [-0.39, 0.29) is 0 Å². The summed E-state index contributed by atoms with van der Waals surface area (Å²) in [5.41, 5.74) is 1.29. The number of likely N-dealkylation sites (tertiary alicyclic amines) is 2. The third kappa shape index (κ3) is 4.13. The van der Waals surface area contributed by atoms with Gasteiger partial charge in [0.1, 0.15) is 5.78 Å². The first-order valence-electron chi connectivity index (χ1n) is 12.6. The van der Waals surface area contributed by atoms with E-state index in [9.17, 15) is 4.79 Å². The van der Waals surface area contributed by atoms with Crippen molar-refractivity contribution < 1.29 is 4.79 Å². The lowest BCUT2D eigenvalue weighted by Gasteiger charge is -2.46. The highest BCUT2D eigenvalue weighted by Gasteiger charge is 2.42. The van der Waals surface area contributed by atoms with E-state index in [1.54, 1.807) is 0 Å². The molecule has 0 amide bonds. The Kier molecular flexibility index (Phi) is 6.04. The number of piperazine rings is 1. The SMILES string of the molecule is CCC(=O)[C@H]1CC[C@H](N2CC(c3cnc(N4C5CCC4CN(C(C)C)C5)nc3)C2)CC1. The maximum absolute atomic E-state index is 12.0. The Balaban J connectivity index is 1.14. The van der Waals surface area contributed by atoms with E-state index in [1.165, 1.54) is 31.2 Å². The first-order chi connectivity index (χ1) is 15.0. The molecule has 6 nitrogen and oxygen atoms in total. The van der Waals surface area contributed by atoms with Crippen molar-refractivity contribution in [2.45, 2.75) is 95.8 Å². The summed E-state index contributed by atoms with van der Waals surface area (Å²) in [7, 11) is 0. The number of carbonyl (C=O) groups is 1. The summed E-state index contributed by atoms with van der Waals surface area (Å²) in [6.45, 7) is 11.1. The van der Waals surface area contributed by atoms with Gasteiger partial charge in [0.25, 0.3) is 0 Å². The van der Waals surface area contributed by atoms with Gasteiger partial charge < -0.3 is 4.90 Å². The summed E-state index contributed by atoms with van der Waals surface area (Å²) in [6, 6.07) is 2.43. The number of rotatable bonds is 6. The first-order valence-corrected chi connectivity index (χ1v) is 12.6. The van der Waals surface area contributed by atoms with Crippen molar-refractivity contribution in [2.24, 2.45) is 5.92 Å². The van der Waals surface area contributed by atoms with Gasteiger partial charge in [0.2, 0.25) is 5.95 Å². The molecule has 4 fully saturated rings. The summed E-state index contributed by atoms with van der Waals surface area (Å²) in [4.78, 5) is 29.4. The van der Waals surface area contributed by atoms with Crippen molar-refractivity contribution >= 4 is 11.7 Å². The molecule has 31 heavy (non-hydrogen) atoms. The van der Waals surface area contributed by atoms with Crippen molar-refractivity contribution in [1.82, 2.24) is 19.8 Å². The van der Waals surface area contributed by atoms with Crippen molar-refractivity contribution in [2.75, 3.05) is 31.1 Å². The Morgan fingerprint density at radius 3 is 2.06 bits per heavy atom. The third-order valence-electron chi connectivity index (χ3n) is 8.53. The molecule has 0 N–H and O–H groups in total. The molecule has 4 aliphatic rings. The second kappa shape index (κ2) is 8.78. The van der Waals surface area contributed by atoms with Gasteiger partial charge >= 0.3 is 0 Å². The van der Waals surface area contributed by atoms with Crippen LogP contribution < -0.4 is 4.90 Å². The quantitative estimate of drug-likeness (QED) is 0.696. The Morgan fingerprint density at radius 2 is 1.52 bits per heavy atom. The van der Waals surface area contributed by atoms with E-state index < -0.39 is 0 Å². The van der Waals surface area contributed by atoms with Gasteiger partial charge in [-0.3, -0.25) is 14.6 Å². The van der Waals surface area contributed by atoms with Crippen LogP contribution in [0.1, 0.15) is 77.2 Å². The van der Waals surface area contributed by atoms with E-state index >= 15 is 0 Å². The number of hydrogen-bond acceptors (Lipinski definition) is 6. The minimum absolute atomic E-state index is 0.331. The standard InChI is InChI=1S/C25H39N5O/c1-4-24(31)18-5-7-21(8-6-18)29-13-20(14-29)19-11-26-25(27-12-19)30-22-9-10-23(30)16-28(15-22)17(2)3/h11-12,17-18,20-23H,4-10,13-16H2,1-3H3/t18-,21-,22?,23?. The zero-order valence-corrected chi connectivity index (χ0v) is 19.5. The maximum atomic E-state index is 12.0. The molecule has 1 saturated carbocycles. The fourth-order valence-corrected chi connectivity index (χ4v) is 6.43. The van der Waals surface area contributed by atoms with Crippen LogP contribution in [-0.2, 0) is 4.79 Å². The van der Waals surface area contributed by atoms with Gasteiger partial charge in [-0.1, -0.05) is 6.92 Å². The second-order valence-corrected chi connectivity index (χ2v) is 10.6. The van der Waals surface area contributed by atoms with Gasteiger partial charge in [-0.2, -0.15) is 0 Å². The molecule has 4 heterocycles. The molecule has 0 radical (unpaired) electrons.